The molecule has 2 aliphatic heterocycles. The quantitative estimate of drug-likeness (QED) is 0.535. The molecule has 11 heteroatoms. The van der Waals surface area contributed by atoms with Gasteiger partial charge in [-0.3, -0.25) is 0 Å². The number of alkyl halides is 3. The van der Waals surface area contributed by atoms with Crippen molar-refractivity contribution in [1.29, 1.82) is 0 Å². The molecular weight excluding hydrogens is 515 g/mol. The molecule has 5 aliphatic rings. The minimum absolute atomic E-state index is 0.0721. The predicted molar refractivity (Wildman–Crippen MR) is 134 cm³/mol. The summed E-state index contributed by atoms with van der Waals surface area (Å²) in [6.45, 7) is 3.26. The highest BCUT2D eigenvalue weighted by atomic mass is 32.2. The number of carbonyl (C=O) groups is 1. The van der Waals surface area contributed by atoms with Gasteiger partial charge in [0.1, 0.15) is 11.9 Å². The van der Waals surface area contributed by atoms with E-state index in [2.05, 4.69) is 10.1 Å². The Kier molecular flexibility index (Phi) is 5.45. The maximum atomic E-state index is 13.1. The molecule has 3 saturated carbocycles. The standard InChI is InChI=1S/C27H32F3N5O2S/c28-27(29,30)38-21-3-1-18(2-4-21)9-19-5-6-24(10-19)13-33(14-24)23(36)34-15-25(16-34)11-20(12-25)35-17-31-22(32-35)26(37)7-8-26/h1-4,17,19-20,37H,5-16H2. The molecule has 2 spiro atoms. The van der Waals surface area contributed by atoms with E-state index in [1.807, 2.05) is 26.6 Å². The summed E-state index contributed by atoms with van der Waals surface area (Å²) in [6.07, 6.45) is 9.40. The number of hydrogen-bond acceptors (Lipinski definition) is 5. The highest BCUT2D eigenvalue weighted by Gasteiger charge is 2.57. The Bertz CT molecular complexity index is 1220. The predicted octanol–water partition coefficient (Wildman–Crippen LogP) is 4.97. The number of benzene rings is 1. The fourth-order valence-electron chi connectivity index (χ4n) is 7.34. The molecule has 1 atom stereocenters. The van der Waals surface area contributed by atoms with E-state index in [4.69, 9.17) is 0 Å². The third-order valence-electron chi connectivity index (χ3n) is 9.49. The van der Waals surface area contributed by atoms with E-state index in [-0.39, 0.29) is 33.5 Å². The molecule has 204 valence electrons. The van der Waals surface area contributed by atoms with Gasteiger partial charge in [0, 0.05) is 41.9 Å². The summed E-state index contributed by atoms with van der Waals surface area (Å²) < 4.78 is 39.6. The largest absolute Gasteiger partial charge is 0.446 e. The molecule has 0 radical (unpaired) electrons. The summed E-state index contributed by atoms with van der Waals surface area (Å²) in [5.41, 5.74) is -3.55. The number of nitrogens with zero attached hydrogens (tertiary/aromatic N) is 5. The van der Waals surface area contributed by atoms with Gasteiger partial charge in [0.15, 0.2) is 5.82 Å². The monoisotopic (exact) mass is 547 g/mol. The van der Waals surface area contributed by atoms with Crippen LogP contribution in [0.1, 0.15) is 62.4 Å². The first-order chi connectivity index (χ1) is 18.0. The van der Waals surface area contributed by atoms with Gasteiger partial charge < -0.3 is 14.9 Å². The zero-order valence-electron chi connectivity index (χ0n) is 21.2. The maximum absolute atomic E-state index is 13.1. The second-order valence-corrected chi connectivity index (χ2v) is 13.8. The molecule has 3 heterocycles. The van der Waals surface area contributed by atoms with E-state index in [0.717, 1.165) is 83.1 Å². The molecule has 5 fully saturated rings. The molecule has 0 bridgehead atoms. The fraction of sp³-hybridized carbons (Fsp3) is 0.667. The summed E-state index contributed by atoms with van der Waals surface area (Å²) in [7, 11) is 0. The smallest absolute Gasteiger partial charge is 0.382 e. The van der Waals surface area contributed by atoms with Crippen LogP contribution in [0.4, 0.5) is 18.0 Å². The van der Waals surface area contributed by atoms with E-state index in [1.165, 1.54) is 0 Å². The molecular formula is C27H32F3N5O2S. The minimum atomic E-state index is -4.26. The van der Waals surface area contributed by atoms with E-state index < -0.39 is 11.1 Å². The maximum Gasteiger partial charge on any atom is 0.446 e. The lowest BCUT2D eigenvalue weighted by Crippen LogP contribution is -2.69. The number of aliphatic hydroxyl groups is 1. The molecule has 1 unspecified atom stereocenters. The van der Waals surface area contributed by atoms with Gasteiger partial charge in [0.2, 0.25) is 0 Å². The number of amides is 2. The zero-order chi connectivity index (χ0) is 26.3. The number of thioether (sulfide) groups is 1. The molecule has 1 N–H and O–H groups in total. The number of rotatable bonds is 5. The van der Waals surface area contributed by atoms with Gasteiger partial charge >= 0.3 is 11.5 Å². The van der Waals surface area contributed by atoms with Crippen molar-refractivity contribution in [2.45, 2.75) is 73.4 Å². The van der Waals surface area contributed by atoms with E-state index >= 15 is 0 Å². The minimum Gasteiger partial charge on any atom is -0.382 e. The van der Waals surface area contributed by atoms with Crippen LogP contribution >= 0.6 is 11.8 Å². The van der Waals surface area contributed by atoms with Crippen molar-refractivity contribution in [1.82, 2.24) is 24.6 Å². The Hall–Kier alpha value is -2.27. The molecule has 38 heavy (non-hydrogen) atoms. The van der Waals surface area contributed by atoms with Crippen LogP contribution in [0.5, 0.6) is 0 Å². The molecule has 2 aromatic rings. The first-order valence-corrected chi connectivity index (χ1v) is 14.4. The van der Waals surface area contributed by atoms with E-state index in [0.29, 0.717) is 17.8 Å². The number of likely N-dealkylation sites (tertiary alicyclic amines) is 2. The van der Waals surface area contributed by atoms with Crippen molar-refractivity contribution in [2.24, 2.45) is 16.7 Å². The lowest BCUT2D eigenvalue weighted by molar-refractivity contribution is -0.0849. The number of hydrogen-bond donors (Lipinski definition) is 1. The second kappa shape index (κ2) is 8.36. The van der Waals surface area contributed by atoms with E-state index in [1.54, 1.807) is 18.5 Å². The number of carbonyl (C=O) groups excluding carboxylic acids is 1. The molecule has 1 aromatic carbocycles. The first kappa shape index (κ1) is 24.7. The third-order valence-corrected chi connectivity index (χ3v) is 10.2. The van der Waals surface area contributed by atoms with Crippen molar-refractivity contribution in [3.63, 3.8) is 0 Å². The number of urea groups is 1. The van der Waals surface area contributed by atoms with Crippen molar-refractivity contribution in [2.75, 3.05) is 26.2 Å². The van der Waals surface area contributed by atoms with Crippen molar-refractivity contribution in [3.05, 3.63) is 42.0 Å². The molecule has 2 saturated heterocycles. The normalized spacial score (nSPS) is 26.8. The van der Waals surface area contributed by atoms with Crippen LogP contribution in [0.15, 0.2) is 35.5 Å². The van der Waals surface area contributed by atoms with Crippen LogP contribution in [-0.4, -0.2) is 67.4 Å². The first-order valence-electron chi connectivity index (χ1n) is 13.5. The number of halogens is 3. The zero-order valence-corrected chi connectivity index (χ0v) is 22.0. The molecule has 7 nitrogen and oxygen atoms in total. The summed E-state index contributed by atoms with van der Waals surface area (Å²) in [6, 6.07) is 7.22. The van der Waals surface area contributed by atoms with Crippen LogP contribution < -0.4 is 0 Å². The second-order valence-electron chi connectivity index (χ2n) is 12.6. The summed E-state index contributed by atoms with van der Waals surface area (Å²) in [4.78, 5) is 21.6. The van der Waals surface area contributed by atoms with Gasteiger partial charge in [-0.2, -0.15) is 18.3 Å². The van der Waals surface area contributed by atoms with Gasteiger partial charge in [-0.25, -0.2) is 14.5 Å². The average Bonchev–Trinajstić information content (AvgIpc) is 3.18. The lowest BCUT2D eigenvalue weighted by atomic mass is 9.60. The van der Waals surface area contributed by atoms with Crippen LogP contribution in [-0.2, 0) is 12.0 Å². The highest BCUT2D eigenvalue weighted by Crippen LogP contribution is 2.55. The van der Waals surface area contributed by atoms with Crippen molar-refractivity contribution >= 4 is 17.8 Å². The van der Waals surface area contributed by atoms with Crippen molar-refractivity contribution < 1.29 is 23.1 Å². The Balaban J connectivity index is 0.849. The van der Waals surface area contributed by atoms with Crippen LogP contribution in [0.3, 0.4) is 0 Å². The Morgan fingerprint density at radius 2 is 1.66 bits per heavy atom. The fourth-order valence-corrected chi connectivity index (χ4v) is 7.88. The Morgan fingerprint density at radius 3 is 2.29 bits per heavy atom. The third kappa shape index (κ3) is 4.49. The number of aromatic nitrogens is 3. The molecule has 1 aromatic heterocycles. The summed E-state index contributed by atoms with van der Waals surface area (Å²) >= 11 is -0.0721. The lowest BCUT2D eigenvalue weighted by Gasteiger charge is -2.60. The van der Waals surface area contributed by atoms with Gasteiger partial charge in [-0.15, -0.1) is 0 Å². The average molecular weight is 548 g/mol. The van der Waals surface area contributed by atoms with Gasteiger partial charge in [-0.05, 0) is 86.7 Å². The Labute approximate surface area is 223 Å². The van der Waals surface area contributed by atoms with E-state index in [9.17, 15) is 23.1 Å². The van der Waals surface area contributed by atoms with Crippen LogP contribution in [0.25, 0.3) is 0 Å². The molecule has 3 aliphatic carbocycles. The summed E-state index contributed by atoms with van der Waals surface area (Å²) in [5, 5.41) is 14.7. The van der Waals surface area contributed by atoms with Crippen LogP contribution in [0.2, 0.25) is 0 Å². The summed E-state index contributed by atoms with van der Waals surface area (Å²) in [5.74, 6) is 1.06. The SMILES string of the molecule is O=C(N1CC2(CCC(Cc3ccc(SC(F)(F)F)cc3)C2)C1)N1CC2(CC(n3cnc(C4(O)CC4)n3)C2)C1. The topological polar surface area (TPSA) is 74.5 Å². The van der Waals surface area contributed by atoms with Gasteiger partial charge in [-0.1, -0.05) is 12.1 Å². The Morgan fingerprint density at radius 1 is 1.00 bits per heavy atom. The highest BCUT2D eigenvalue weighted by molar-refractivity contribution is 8.00. The molecule has 7 rings (SSSR count). The van der Waals surface area contributed by atoms with Crippen LogP contribution in [0, 0.1) is 16.7 Å². The van der Waals surface area contributed by atoms with Gasteiger partial charge in [0.05, 0.1) is 6.04 Å². The van der Waals surface area contributed by atoms with Crippen molar-refractivity contribution in [3.8, 4) is 0 Å². The molecule has 2 amide bonds. The van der Waals surface area contributed by atoms with Gasteiger partial charge in [0.25, 0.3) is 0 Å².